The van der Waals surface area contributed by atoms with Crippen molar-refractivity contribution in [3.63, 3.8) is 0 Å². The Kier molecular flexibility index (Phi) is 7.10. The van der Waals surface area contributed by atoms with Crippen molar-refractivity contribution in [3.8, 4) is 17.2 Å². The Morgan fingerprint density at radius 3 is 1.96 bits per heavy atom. The summed E-state index contributed by atoms with van der Waals surface area (Å²) in [5, 5.41) is 0. The molecule has 1 aromatic carbocycles. The quantitative estimate of drug-likeness (QED) is 0.361. The van der Waals surface area contributed by atoms with Crippen LogP contribution in [-0.4, -0.2) is 19.0 Å². The van der Waals surface area contributed by atoms with Crippen LogP contribution in [0.2, 0.25) is 0 Å². The van der Waals surface area contributed by atoms with Crippen LogP contribution in [0.25, 0.3) is 0 Å². The van der Waals surface area contributed by atoms with Gasteiger partial charge in [-0.05, 0) is 43.2 Å². The molecule has 1 atom stereocenters. The average Bonchev–Trinajstić information content (AvgIpc) is 2.53. The maximum absolute atomic E-state index is 13.2. The van der Waals surface area contributed by atoms with Crippen molar-refractivity contribution >= 4 is 11.9 Å². The van der Waals surface area contributed by atoms with Crippen LogP contribution in [0.3, 0.4) is 0 Å². The molecule has 0 amide bonds. The van der Waals surface area contributed by atoms with Gasteiger partial charge in [0.15, 0.2) is 11.5 Å². The summed E-state index contributed by atoms with van der Waals surface area (Å²) in [5.74, 6) is 0.0366. The van der Waals surface area contributed by atoms with Crippen molar-refractivity contribution in [2.45, 2.75) is 61.8 Å². The number of carbonyl (C=O) groups excluding carboxylic acids is 2. The Balaban J connectivity index is 3.18. The first-order valence-electron chi connectivity index (χ1n) is 9.39. The first-order valence-corrected chi connectivity index (χ1v) is 9.39. The second-order valence-corrected chi connectivity index (χ2v) is 9.69. The molecule has 0 aliphatic heterocycles. The zero-order valence-electron chi connectivity index (χ0n) is 18.7. The highest BCUT2D eigenvalue weighted by Crippen LogP contribution is 2.48. The molecule has 28 heavy (non-hydrogen) atoms. The molecule has 0 aromatic heterocycles. The molecule has 5 nitrogen and oxygen atoms in total. The fraction of sp³-hybridized carbons (Fsp3) is 0.565. The highest BCUT2D eigenvalue weighted by atomic mass is 16.6. The molecule has 0 saturated carbocycles. The Hall–Kier alpha value is -2.30. The van der Waals surface area contributed by atoms with Gasteiger partial charge in [0.2, 0.25) is 0 Å². The Morgan fingerprint density at radius 1 is 0.964 bits per heavy atom. The van der Waals surface area contributed by atoms with Gasteiger partial charge in [0.1, 0.15) is 5.75 Å². The second-order valence-electron chi connectivity index (χ2n) is 9.69. The number of benzene rings is 1. The molecule has 0 heterocycles. The SMILES string of the molecule is C=C(C)C(=O)Oc1ccc(OC(=O)C(C)(CC(C)(C)C)C(C)(C)C)c(OC)c1. The molecule has 0 fully saturated rings. The summed E-state index contributed by atoms with van der Waals surface area (Å²) in [6.45, 7) is 19.5. The average molecular weight is 391 g/mol. The summed E-state index contributed by atoms with van der Waals surface area (Å²) in [7, 11) is 1.47. The molecule has 0 spiro atoms. The topological polar surface area (TPSA) is 61.8 Å². The van der Waals surface area contributed by atoms with E-state index in [1.165, 1.54) is 13.2 Å². The van der Waals surface area contributed by atoms with E-state index in [0.717, 1.165) is 0 Å². The highest BCUT2D eigenvalue weighted by Gasteiger charge is 2.48. The zero-order valence-corrected chi connectivity index (χ0v) is 18.7. The number of esters is 2. The summed E-state index contributed by atoms with van der Waals surface area (Å²) in [4.78, 5) is 24.9. The molecule has 0 aliphatic carbocycles. The van der Waals surface area contributed by atoms with Crippen LogP contribution in [-0.2, 0) is 9.59 Å². The van der Waals surface area contributed by atoms with E-state index in [-0.39, 0.29) is 33.9 Å². The Bertz CT molecular complexity index is 749. The lowest BCUT2D eigenvalue weighted by molar-refractivity contribution is -0.154. The molecule has 1 rings (SSSR count). The molecule has 1 unspecified atom stereocenters. The molecule has 0 radical (unpaired) electrons. The van der Waals surface area contributed by atoms with E-state index in [2.05, 4.69) is 27.4 Å². The number of hydrogen-bond donors (Lipinski definition) is 0. The van der Waals surface area contributed by atoms with E-state index in [1.54, 1.807) is 19.1 Å². The minimum atomic E-state index is -0.707. The number of methoxy groups -OCH3 is 1. The van der Waals surface area contributed by atoms with E-state index in [4.69, 9.17) is 14.2 Å². The number of ether oxygens (including phenoxy) is 3. The fourth-order valence-electron chi connectivity index (χ4n) is 2.91. The Labute approximate surface area is 169 Å². The summed E-state index contributed by atoms with van der Waals surface area (Å²) < 4.78 is 16.3. The molecule has 156 valence electrons. The van der Waals surface area contributed by atoms with Gasteiger partial charge in [-0.15, -0.1) is 0 Å². The first-order chi connectivity index (χ1) is 12.6. The minimum Gasteiger partial charge on any atom is -0.493 e. The molecule has 0 aliphatic rings. The van der Waals surface area contributed by atoms with E-state index >= 15 is 0 Å². The van der Waals surface area contributed by atoms with Crippen molar-refractivity contribution in [3.05, 3.63) is 30.4 Å². The highest BCUT2D eigenvalue weighted by molar-refractivity contribution is 5.89. The molecule has 5 heteroatoms. The lowest BCUT2D eigenvalue weighted by Crippen LogP contribution is -2.45. The predicted octanol–water partition coefficient (Wildman–Crippen LogP) is 5.57. The number of carbonyl (C=O) groups is 2. The molecule has 0 N–H and O–H groups in total. The summed E-state index contributed by atoms with van der Waals surface area (Å²) in [5.41, 5.74) is -0.771. The van der Waals surface area contributed by atoms with Crippen LogP contribution in [0.4, 0.5) is 0 Å². The summed E-state index contributed by atoms with van der Waals surface area (Å²) >= 11 is 0. The van der Waals surface area contributed by atoms with Crippen LogP contribution in [0, 0.1) is 16.2 Å². The smallest absolute Gasteiger partial charge is 0.338 e. The maximum Gasteiger partial charge on any atom is 0.338 e. The van der Waals surface area contributed by atoms with Crippen molar-refractivity contribution in [1.29, 1.82) is 0 Å². The maximum atomic E-state index is 13.2. The van der Waals surface area contributed by atoms with Gasteiger partial charge >= 0.3 is 11.9 Å². The normalized spacial score (nSPS) is 14.0. The lowest BCUT2D eigenvalue weighted by atomic mass is 9.61. The molecular formula is C23H34O5. The van der Waals surface area contributed by atoms with Gasteiger partial charge < -0.3 is 14.2 Å². The van der Waals surface area contributed by atoms with E-state index in [0.29, 0.717) is 12.2 Å². The fourth-order valence-corrected chi connectivity index (χ4v) is 2.91. The third-order valence-electron chi connectivity index (χ3n) is 4.89. The molecular weight excluding hydrogens is 356 g/mol. The second kappa shape index (κ2) is 8.38. The Morgan fingerprint density at radius 2 is 1.54 bits per heavy atom. The monoisotopic (exact) mass is 390 g/mol. The molecule has 0 bridgehead atoms. The van der Waals surface area contributed by atoms with Gasteiger partial charge in [-0.3, -0.25) is 4.79 Å². The van der Waals surface area contributed by atoms with Gasteiger partial charge in [0, 0.05) is 11.6 Å². The van der Waals surface area contributed by atoms with Gasteiger partial charge in [0.05, 0.1) is 12.5 Å². The van der Waals surface area contributed by atoms with Gasteiger partial charge in [-0.25, -0.2) is 4.79 Å². The van der Waals surface area contributed by atoms with Gasteiger partial charge in [-0.2, -0.15) is 0 Å². The number of hydrogen-bond acceptors (Lipinski definition) is 5. The van der Waals surface area contributed by atoms with E-state index in [9.17, 15) is 9.59 Å². The minimum absolute atomic E-state index is 0.0499. The predicted molar refractivity (Wildman–Crippen MR) is 111 cm³/mol. The zero-order chi connectivity index (χ0) is 21.9. The summed E-state index contributed by atoms with van der Waals surface area (Å²) in [6.07, 6.45) is 0.666. The van der Waals surface area contributed by atoms with Crippen molar-refractivity contribution < 1.29 is 23.8 Å². The van der Waals surface area contributed by atoms with Crippen LogP contribution < -0.4 is 14.2 Å². The largest absolute Gasteiger partial charge is 0.493 e. The standard InChI is InChI=1S/C23H34O5/c1-15(2)19(24)27-16-11-12-17(18(13-16)26-10)28-20(25)23(9,22(6,7)8)14-21(3,4)5/h11-13H,1,14H2,2-10H3. The first kappa shape index (κ1) is 23.7. The van der Waals surface area contributed by atoms with E-state index < -0.39 is 11.4 Å². The molecule has 1 aromatic rings. The van der Waals surface area contributed by atoms with Crippen molar-refractivity contribution in [2.24, 2.45) is 16.2 Å². The van der Waals surface area contributed by atoms with Crippen LogP contribution in [0.5, 0.6) is 17.2 Å². The van der Waals surface area contributed by atoms with Gasteiger partial charge in [0.25, 0.3) is 0 Å². The van der Waals surface area contributed by atoms with Gasteiger partial charge in [-0.1, -0.05) is 48.1 Å². The van der Waals surface area contributed by atoms with Crippen LogP contribution in [0.1, 0.15) is 61.8 Å². The third-order valence-corrected chi connectivity index (χ3v) is 4.89. The van der Waals surface area contributed by atoms with E-state index in [1.807, 2.05) is 27.7 Å². The third kappa shape index (κ3) is 5.85. The van der Waals surface area contributed by atoms with Crippen LogP contribution >= 0.6 is 0 Å². The van der Waals surface area contributed by atoms with Crippen LogP contribution in [0.15, 0.2) is 30.4 Å². The summed E-state index contributed by atoms with van der Waals surface area (Å²) in [6, 6.07) is 4.64. The lowest BCUT2D eigenvalue weighted by Gasteiger charge is -2.43. The van der Waals surface area contributed by atoms with Crippen molar-refractivity contribution in [1.82, 2.24) is 0 Å². The number of rotatable bonds is 6. The molecule has 0 saturated heterocycles. The van der Waals surface area contributed by atoms with Crippen molar-refractivity contribution in [2.75, 3.05) is 7.11 Å².